The Bertz CT molecular complexity index is 1430. The van der Waals surface area contributed by atoms with Crippen LogP contribution in [0.4, 0.5) is 19.0 Å². The normalized spacial score (nSPS) is 18.3. The van der Waals surface area contributed by atoms with Gasteiger partial charge in [-0.1, -0.05) is 6.07 Å². The second-order valence-corrected chi connectivity index (χ2v) is 9.73. The van der Waals surface area contributed by atoms with Crippen molar-refractivity contribution >= 4 is 27.8 Å². The summed E-state index contributed by atoms with van der Waals surface area (Å²) in [5, 5.41) is 14.7. The van der Waals surface area contributed by atoms with Crippen LogP contribution in [0.5, 0.6) is 0 Å². The average Bonchev–Trinajstić information content (AvgIpc) is 3.39. The maximum atomic E-state index is 12.8. The molecule has 4 aromatic rings. The molecule has 8 nitrogen and oxygen atoms in total. The summed E-state index contributed by atoms with van der Waals surface area (Å²) in [6, 6.07) is 10.3. The van der Waals surface area contributed by atoms with Crippen LogP contribution in [0.3, 0.4) is 0 Å². The zero-order valence-corrected chi connectivity index (χ0v) is 18.9. The molecule has 180 valence electrons. The van der Waals surface area contributed by atoms with Gasteiger partial charge in [0.25, 0.3) is 0 Å². The first-order valence-electron chi connectivity index (χ1n) is 11.5. The van der Waals surface area contributed by atoms with E-state index in [0.29, 0.717) is 16.9 Å². The molecule has 0 amide bonds. The molecule has 1 spiro atoms. The number of nitrogens with zero attached hydrogens (tertiary/aromatic N) is 7. The molecule has 6 rings (SSSR count). The lowest BCUT2D eigenvalue weighted by molar-refractivity contribution is -0.142. The van der Waals surface area contributed by atoms with E-state index in [-0.39, 0.29) is 11.1 Å². The molecule has 2 aliphatic heterocycles. The molecule has 0 aliphatic carbocycles. The van der Waals surface area contributed by atoms with Gasteiger partial charge in [-0.25, -0.2) is 9.97 Å². The highest BCUT2D eigenvalue weighted by Crippen LogP contribution is 2.43. The molecule has 2 fully saturated rings. The van der Waals surface area contributed by atoms with Crippen molar-refractivity contribution in [1.82, 2.24) is 29.6 Å². The van der Waals surface area contributed by atoms with Crippen molar-refractivity contribution in [3.8, 4) is 6.07 Å². The number of piperidine rings is 1. The van der Waals surface area contributed by atoms with E-state index in [1.165, 1.54) is 18.1 Å². The minimum atomic E-state index is -4.34. The fraction of sp³-hybridized carbons (Fsp3) is 0.417. The fourth-order valence-electron chi connectivity index (χ4n) is 5.40. The molecular weight excluding hydrogens is 457 g/mol. The summed E-state index contributed by atoms with van der Waals surface area (Å²) in [6.45, 7) is 3.39. The van der Waals surface area contributed by atoms with E-state index in [2.05, 4.69) is 48.1 Å². The number of rotatable bonds is 4. The fourth-order valence-corrected chi connectivity index (χ4v) is 5.40. The van der Waals surface area contributed by atoms with Gasteiger partial charge in [0, 0.05) is 42.1 Å². The first kappa shape index (κ1) is 21.9. The van der Waals surface area contributed by atoms with Gasteiger partial charge in [-0.3, -0.25) is 9.58 Å². The number of nitriles is 1. The van der Waals surface area contributed by atoms with Crippen LogP contribution >= 0.6 is 0 Å². The van der Waals surface area contributed by atoms with Crippen molar-refractivity contribution < 1.29 is 13.2 Å². The molecule has 0 radical (unpaired) electrons. The largest absolute Gasteiger partial charge is 0.408 e. The number of likely N-dealkylation sites (tertiary alicyclic amines) is 1. The number of hydrogen-bond acceptors (Lipinski definition) is 6. The van der Waals surface area contributed by atoms with Gasteiger partial charge in [-0.15, -0.1) is 0 Å². The van der Waals surface area contributed by atoms with E-state index in [0.717, 1.165) is 61.2 Å². The number of benzene rings is 1. The van der Waals surface area contributed by atoms with Crippen LogP contribution in [0.1, 0.15) is 24.1 Å². The Morgan fingerprint density at radius 2 is 1.91 bits per heavy atom. The van der Waals surface area contributed by atoms with Crippen LogP contribution in [-0.4, -0.2) is 62.0 Å². The van der Waals surface area contributed by atoms with Crippen LogP contribution in [0.15, 0.2) is 36.8 Å². The van der Waals surface area contributed by atoms with E-state index in [9.17, 15) is 13.2 Å². The molecule has 35 heavy (non-hydrogen) atoms. The first-order chi connectivity index (χ1) is 16.8. The van der Waals surface area contributed by atoms with Gasteiger partial charge in [0.2, 0.25) is 0 Å². The zero-order valence-electron chi connectivity index (χ0n) is 18.9. The van der Waals surface area contributed by atoms with E-state index >= 15 is 0 Å². The number of anilines is 1. The molecule has 0 atom stereocenters. The minimum absolute atomic E-state index is 0.210. The van der Waals surface area contributed by atoms with Crippen molar-refractivity contribution in [2.24, 2.45) is 5.41 Å². The van der Waals surface area contributed by atoms with Gasteiger partial charge in [0.1, 0.15) is 30.5 Å². The third-order valence-electron chi connectivity index (χ3n) is 7.17. The molecule has 11 heteroatoms. The van der Waals surface area contributed by atoms with Crippen molar-refractivity contribution in [3.63, 3.8) is 0 Å². The molecule has 2 aliphatic rings. The Kier molecular flexibility index (Phi) is 4.96. The maximum absolute atomic E-state index is 12.8. The highest BCUT2D eigenvalue weighted by molar-refractivity contribution is 5.86. The van der Waals surface area contributed by atoms with Gasteiger partial charge in [-0.05, 0) is 49.7 Å². The first-order valence-corrected chi connectivity index (χ1v) is 11.5. The van der Waals surface area contributed by atoms with Crippen molar-refractivity contribution in [2.75, 3.05) is 31.1 Å². The molecule has 0 saturated carbocycles. The Balaban J connectivity index is 1.09. The molecule has 2 saturated heterocycles. The van der Waals surface area contributed by atoms with E-state index < -0.39 is 12.7 Å². The third-order valence-corrected chi connectivity index (χ3v) is 7.17. The van der Waals surface area contributed by atoms with Crippen molar-refractivity contribution in [2.45, 2.75) is 32.1 Å². The van der Waals surface area contributed by atoms with Crippen LogP contribution in [0.2, 0.25) is 0 Å². The predicted octanol–water partition coefficient (Wildman–Crippen LogP) is 3.84. The average molecular weight is 480 g/mol. The third kappa shape index (κ3) is 4.18. The number of alkyl halides is 3. The number of nitrogens with one attached hydrogen (secondary N) is 1. The van der Waals surface area contributed by atoms with Crippen LogP contribution < -0.4 is 4.90 Å². The quantitative estimate of drug-likeness (QED) is 0.477. The number of aromatic nitrogens is 5. The zero-order chi connectivity index (χ0) is 24.2. The molecule has 0 bridgehead atoms. The monoisotopic (exact) mass is 480 g/mol. The molecule has 5 heterocycles. The van der Waals surface area contributed by atoms with Crippen molar-refractivity contribution in [1.29, 1.82) is 5.26 Å². The number of aromatic amines is 1. The van der Waals surface area contributed by atoms with E-state index in [1.807, 2.05) is 12.1 Å². The summed E-state index contributed by atoms with van der Waals surface area (Å²) in [7, 11) is 0. The van der Waals surface area contributed by atoms with Gasteiger partial charge in [0.05, 0.1) is 5.39 Å². The highest BCUT2D eigenvalue weighted by atomic mass is 19.4. The van der Waals surface area contributed by atoms with Crippen molar-refractivity contribution in [3.05, 3.63) is 48.0 Å². The number of H-pyrrole nitrogens is 1. The summed E-state index contributed by atoms with van der Waals surface area (Å²) in [5.74, 6) is 0.660. The summed E-state index contributed by atoms with van der Waals surface area (Å²) < 4.78 is 39.2. The lowest BCUT2D eigenvalue weighted by atomic mass is 9.72. The van der Waals surface area contributed by atoms with Crippen LogP contribution in [0.25, 0.3) is 21.9 Å². The highest BCUT2D eigenvalue weighted by Gasteiger charge is 2.45. The Morgan fingerprint density at radius 3 is 2.66 bits per heavy atom. The van der Waals surface area contributed by atoms with Gasteiger partial charge >= 0.3 is 6.18 Å². The number of halogens is 3. The van der Waals surface area contributed by atoms with Gasteiger partial charge < -0.3 is 9.88 Å². The molecule has 1 N–H and O–H groups in total. The van der Waals surface area contributed by atoms with Crippen LogP contribution in [0, 0.1) is 16.7 Å². The topological polar surface area (TPSA) is 89.7 Å². The summed E-state index contributed by atoms with van der Waals surface area (Å²) in [4.78, 5) is 16.1. The van der Waals surface area contributed by atoms with Crippen LogP contribution in [-0.2, 0) is 13.1 Å². The summed E-state index contributed by atoms with van der Waals surface area (Å²) >= 11 is 0. The molecule has 0 unspecified atom stereocenters. The predicted molar refractivity (Wildman–Crippen MR) is 124 cm³/mol. The SMILES string of the molecule is N#Cc1cc2cc(CN3CCC4(CC3)CN(c3ncnc5nn(CC(F)(F)F)cc35)C4)ccc2[nH]1. The Morgan fingerprint density at radius 1 is 1.11 bits per heavy atom. The number of hydrogen-bond donors (Lipinski definition) is 1. The smallest absolute Gasteiger partial charge is 0.355 e. The lowest BCUT2D eigenvalue weighted by Crippen LogP contribution is -2.60. The number of fused-ring (bicyclic) bond motifs is 2. The minimum Gasteiger partial charge on any atom is -0.355 e. The molecular formula is C24H23F3N8. The maximum Gasteiger partial charge on any atom is 0.408 e. The molecule has 1 aromatic carbocycles. The Labute approximate surface area is 199 Å². The standard InChI is InChI=1S/C24H23F3N8/c25-24(26,27)14-35-11-19-21(32-35)29-15-30-22(19)34-12-23(13-34)3-5-33(6-4-23)10-16-1-2-20-17(7-16)8-18(9-28)31-20/h1-2,7-8,11,15,31H,3-6,10,12-14H2. The van der Waals surface area contributed by atoms with E-state index in [1.54, 1.807) is 0 Å². The van der Waals surface area contributed by atoms with Gasteiger partial charge in [0.15, 0.2) is 5.65 Å². The Hall–Kier alpha value is -3.65. The second-order valence-electron chi connectivity index (χ2n) is 9.73. The summed E-state index contributed by atoms with van der Waals surface area (Å²) in [6.07, 6.45) is 0.563. The van der Waals surface area contributed by atoms with Gasteiger partial charge in [-0.2, -0.15) is 23.5 Å². The molecule has 3 aromatic heterocycles. The lowest BCUT2D eigenvalue weighted by Gasteiger charge is -2.54. The second kappa shape index (κ2) is 7.95. The van der Waals surface area contributed by atoms with E-state index in [4.69, 9.17) is 5.26 Å². The summed E-state index contributed by atoms with van der Waals surface area (Å²) in [5.41, 5.74) is 3.27.